The summed E-state index contributed by atoms with van der Waals surface area (Å²) >= 11 is 0. The molecule has 2 rings (SSSR count). The molecule has 6 heteroatoms. The molecular weight excluding hydrogens is 186 g/mol. The minimum atomic E-state index is -0.356. The Morgan fingerprint density at radius 3 is 2.86 bits per heavy atom. The SMILES string of the molecule is CNC(=O)c1nonc1OC1(C)CC1. The molecule has 1 aromatic rings. The molecule has 14 heavy (non-hydrogen) atoms. The van der Waals surface area contributed by atoms with E-state index in [-0.39, 0.29) is 23.1 Å². The first-order valence-electron chi connectivity index (χ1n) is 4.38. The minimum absolute atomic E-state index is 0.0978. The van der Waals surface area contributed by atoms with Gasteiger partial charge in [0.25, 0.3) is 11.8 Å². The molecule has 0 unspecified atom stereocenters. The first-order chi connectivity index (χ1) is 6.64. The van der Waals surface area contributed by atoms with Gasteiger partial charge in [0.1, 0.15) is 5.60 Å². The smallest absolute Gasteiger partial charge is 0.289 e. The molecule has 0 bridgehead atoms. The number of hydrogen-bond acceptors (Lipinski definition) is 5. The topological polar surface area (TPSA) is 77.3 Å². The summed E-state index contributed by atoms with van der Waals surface area (Å²) in [6, 6.07) is 0. The third-order valence-electron chi connectivity index (χ3n) is 2.20. The highest BCUT2D eigenvalue weighted by Crippen LogP contribution is 2.39. The van der Waals surface area contributed by atoms with Gasteiger partial charge in [-0.1, -0.05) is 0 Å². The summed E-state index contributed by atoms with van der Waals surface area (Å²) in [6.07, 6.45) is 1.93. The first-order valence-corrected chi connectivity index (χ1v) is 4.38. The predicted octanol–water partition coefficient (Wildman–Crippen LogP) is 0.360. The van der Waals surface area contributed by atoms with Crippen LogP contribution >= 0.6 is 0 Å². The van der Waals surface area contributed by atoms with Gasteiger partial charge in [-0.2, -0.15) is 0 Å². The highest BCUT2D eigenvalue weighted by atomic mass is 16.6. The number of nitrogens with one attached hydrogen (secondary N) is 1. The van der Waals surface area contributed by atoms with Gasteiger partial charge in [-0.05, 0) is 30.1 Å². The number of carbonyl (C=O) groups is 1. The Kier molecular flexibility index (Phi) is 1.90. The molecule has 6 nitrogen and oxygen atoms in total. The van der Waals surface area contributed by atoms with Gasteiger partial charge in [-0.3, -0.25) is 4.79 Å². The normalized spacial score (nSPS) is 17.6. The molecule has 1 aliphatic rings. The fourth-order valence-electron chi connectivity index (χ4n) is 1.02. The van der Waals surface area contributed by atoms with Crippen molar-refractivity contribution in [2.45, 2.75) is 25.4 Å². The molecular formula is C8H11N3O3. The van der Waals surface area contributed by atoms with Crippen LogP contribution in [0.4, 0.5) is 0 Å². The summed E-state index contributed by atoms with van der Waals surface area (Å²) in [6.45, 7) is 1.95. The summed E-state index contributed by atoms with van der Waals surface area (Å²) in [5.41, 5.74) is -0.0953. The van der Waals surface area contributed by atoms with Crippen molar-refractivity contribution in [2.24, 2.45) is 0 Å². The van der Waals surface area contributed by atoms with E-state index >= 15 is 0 Å². The van der Waals surface area contributed by atoms with E-state index in [0.717, 1.165) is 12.8 Å². The van der Waals surface area contributed by atoms with Gasteiger partial charge < -0.3 is 10.1 Å². The summed E-state index contributed by atoms with van der Waals surface area (Å²) in [7, 11) is 1.51. The van der Waals surface area contributed by atoms with E-state index in [1.807, 2.05) is 6.92 Å². The quantitative estimate of drug-likeness (QED) is 0.757. The molecule has 1 amide bonds. The molecule has 0 saturated heterocycles. The molecule has 1 N–H and O–H groups in total. The van der Waals surface area contributed by atoms with Gasteiger partial charge in [0.05, 0.1) is 0 Å². The van der Waals surface area contributed by atoms with Gasteiger partial charge in [-0.15, -0.1) is 0 Å². The van der Waals surface area contributed by atoms with Crippen LogP contribution in [0.1, 0.15) is 30.3 Å². The van der Waals surface area contributed by atoms with Gasteiger partial charge in [0, 0.05) is 7.05 Å². The lowest BCUT2D eigenvalue weighted by molar-refractivity contribution is 0.0947. The zero-order valence-electron chi connectivity index (χ0n) is 8.03. The lowest BCUT2D eigenvalue weighted by Gasteiger charge is -2.08. The van der Waals surface area contributed by atoms with Gasteiger partial charge in [0.2, 0.25) is 5.69 Å². The van der Waals surface area contributed by atoms with Crippen LogP contribution < -0.4 is 10.1 Å². The Balaban J connectivity index is 2.17. The third-order valence-corrected chi connectivity index (χ3v) is 2.20. The van der Waals surface area contributed by atoms with Crippen molar-refractivity contribution >= 4 is 5.91 Å². The van der Waals surface area contributed by atoms with E-state index in [0.29, 0.717) is 0 Å². The van der Waals surface area contributed by atoms with E-state index < -0.39 is 0 Å². The summed E-state index contributed by atoms with van der Waals surface area (Å²) in [5.74, 6) is -0.185. The van der Waals surface area contributed by atoms with Gasteiger partial charge >= 0.3 is 0 Å². The minimum Gasteiger partial charge on any atom is -0.467 e. The second kappa shape index (κ2) is 2.97. The highest BCUT2D eigenvalue weighted by molar-refractivity contribution is 5.93. The Bertz CT molecular complexity index is 356. The fraction of sp³-hybridized carbons (Fsp3) is 0.625. The number of nitrogens with zero attached hydrogens (tertiary/aromatic N) is 2. The Labute approximate surface area is 80.6 Å². The molecule has 0 radical (unpaired) electrons. The van der Waals surface area contributed by atoms with Gasteiger partial charge in [0.15, 0.2) is 0 Å². The van der Waals surface area contributed by atoms with Crippen molar-refractivity contribution in [1.29, 1.82) is 0 Å². The lowest BCUT2D eigenvalue weighted by Crippen LogP contribution is -2.21. The number of carbonyl (C=O) groups excluding carboxylic acids is 1. The zero-order valence-corrected chi connectivity index (χ0v) is 8.03. The first kappa shape index (κ1) is 8.98. The standard InChI is InChI=1S/C8H11N3O3/c1-8(3-4-8)13-7-5(6(12)9-2)10-14-11-7/h3-4H2,1-2H3,(H,9,12). The van der Waals surface area contributed by atoms with Crippen LogP contribution in [0.5, 0.6) is 5.88 Å². The molecule has 76 valence electrons. The van der Waals surface area contributed by atoms with Gasteiger partial charge in [-0.25, -0.2) is 4.63 Å². The van der Waals surface area contributed by atoms with Crippen molar-refractivity contribution in [3.63, 3.8) is 0 Å². The summed E-state index contributed by atoms with van der Waals surface area (Å²) < 4.78 is 9.94. The molecule has 1 aliphatic carbocycles. The largest absolute Gasteiger partial charge is 0.467 e. The van der Waals surface area contributed by atoms with Crippen LogP contribution in [-0.2, 0) is 0 Å². The average Bonchev–Trinajstić information content (AvgIpc) is 2.72. The van der Waals surface area contributed by atoms with E-state index in [4.69, 9.17) is 4.74 Å². The fourth-order valence-corrected chi connectivity index (χ4v) is 1.02. The molecule has 0 aliphatic heterocycles. The highest BCUT2D eigenvalue weighted by Gasteiger charge is 2.42. The lowest BCUT2D eigenvalue weighted by atomic mass is 10.4. The molecule has 1 fully saturated rings. The van der Waals surface area contributed by atoms with Crippen LogP contribution in [0.15, 0.2) is 4.63 Å². The number of rotatable bonds is 3. The monoisotopic (exact) mass is 197 g/mol. The van der Waals surface area contributed by atoms with Crippen LogP contribution in [-0.4, -0.2) is 28.9 Å². The molecule has 0 atom stereocenters. The second-order valence-corrected chi connectivity index (χ2v) is 3.55. The third kappa shape index (κ3) is 1.55. The number of ether oxygens (including phenoxy) is 1. The van der Waals surface area contributed by atoms with E-state index in [1.165, 1.54) is 7.05 Å². The molecule has 1 heterocycles. The summed E-state index contributed by atoms with van der Waals surface area (Å²) in [4.78, 5) is 11.2. The Hall–Kier alpha value is -1.59. The van der Waals surface area contributed by atoms with Crippen molar-refractivity contribution in [2.75, 3.05) is 7.05 Å². The van der Waals surface area contributed by atoms with Crippen LogP contribution in [0.25, 0.3) is 0 Å². The number of amides is 1. The van der Waals surface area contributed by atoms with Crippen molar-refractivity contribution < 1.29 is 14.2 Å². The second-order valence-electron chi connectivity index (χ2n) is 3.55. The molecule has 1 saturated carbocycles. The average molecular weight is 197 g/mol. The van der Waals surface area contributed by atoms with E-state index in [1.54, 1.807) is 0 Å². The number of hydrogen-bond donors (Lipinski definition) is 1. The molecule has 0 spiro atoms. The maximum Gasteiger partial charge on any atom is 0.289 e. The van der Waals surface area contributed by atoms with E-state index in [2.05, 4.69) is 20.3 Å². The maximum atomic E-state index is 11.2. The van der Waals surface area contributed by atoms with Crippen LogP contribution in [0.2, 0.25) is 0 Å². The van der Waals surface area contributed by atoms with Crippen molar-refractivity contribution in [3.8, 4) is 5.88 Å². The maximum absolute atomic E-state index is 11.2. The Morgan fingerprint density at radius 2 is 2.29 bits per heavy atom. The van der Waals surface area contributed by atoms with Crippen molar-refractivity contribution in [3.05, 3.63) is 5.69 Å². The Morgan fingerprint density at radius 1 is 1.57 bits per heavy atom. The summed E-state index contributed by atoms with van der Waals surface area (Å²) in [5, 5.41) is 9.45. The number of aromatic nitrogens is 2. The van der Waals surface area contributed by atoms with Crippen molar-refractivity contribution in [1.82, 2.24) is 15.6 Å². The van der Waals surface area contributed by atoms with Crippen LogP contribution in [0, 0.1) is 0 Å². The molecule has 0 aromatic carbocycles. The molecule has 1 aromatic heterocycles. The zero-order chi connectivity index (χ0) is 10.2. The van der Waals surface area contributed by atoms with Crippen LogP contribution in [0.3, 0.4) is 0 Å². The predicted molar refractivity (Wildman–Crippen MR) is 46.0 cm³/mol. The van der Waals surface area contributed by atoms with E-state index in [9.17, 15) is 4.79 Å².